The van der Waals surface area contributed by atoms with Crippen LogP contribution in [0.15, 0.2) is 0 Å². The molecule has 0 atom stereocenters. The molecular weight excluding hydrogens is 326 g/mol. The van der Waals surface area contributed by atoms with Crippen molar-refractivity contribution in [1.82, 2.24) is 14.8 Å². The lowest BCUT2D eigenvalue weighted by Crippen LogP contribution is -2.06. The minimum Gasteiger partial charge on any atom is -0.314 e. The van der Waals surface area contributed by atoms with Crippen LogP contribution in [0.4, 0.5) is 0 Å². The van der Waals surface area contributed by atoms with E-state index in [0.717, 1.165) is 30.5 Å². The second-order valence-corrected chi connectivity index (χ2v) is 6.46. The van der Waals surface area contributed by atoms with E-state index < -0.39 is 0 Å². The summed E-state index contributed by atoms with van der Waals surface area (Å²) in [5.74, 6) is 2.25. The van der Waals surface area contributed by atoms with Crippen molar-refractivity contribution in [3.63, 3.8) is 0 Å². The Morgan fingerprint density at radius 3 is 1.90 bits per heavy atom. The molecule has 122 valence electrons. The second kappa shape index (κ2) is 12.2. The van der Waals surface area contributed by atoms with Crippen molar-refractivity contribution >= 4 is 15.9 Å². The molecule has 1 aromatic rings. The molecule has 0 amide bonds. The third-order valence-corrected chi connectivity index (χ3v) is 4.48. The number of aromatic nitrogens is 3. The molecule has 0 saturated heterocycles. The van der Waals surface area contributed by atoms with E-state index >= 15 is 0 Å². The van der Waals surface area contributed by atoms with Gasteiger partial charge in [0.2, 0.25) is 0 Å². The van der Waals surface area contributed by atoms with Crippen molar-refractivity contribution in [2.75, 3.05) is 0 Å². The number of hydrogen-bond donors (Lipinski definition) is 0. The third kappa shape index (κ3) is 7.44. The summed E-state index contributed by atoms with van der Waals surface area (Å²) < 4.78 is 2.29. The molecule has 0 radical (unpaired) electrons. The molecule has 0 fully saturated rings. The first-order chi connectivity index (χ1) is 10.3. The average Bonchev–Trinajstić information content (AvgIpc) is 2.88. The largest absolute Gasteiger partial charge is 0.314 e. The fraction of sp³-hybridized carbons (Fsp3) is 0.882. The molecule has 0 aromatic carbocycles. The fourth-order valence-electron chi connectivity index (χ4n) is 2.73. The lowest BCUT2D eigenvalue weighted by atomic mass is 10.1. The normalized spacial score (nSPS) is 11.2. The van der Waals surface area contributed by atoms with E-state index in [1.54, 1.807) is 0 Å². The predicted octanol–water partition coefficient (Wildman–Crippen LogP) is 5.66. The third-order valence-electron chi connectivity index (χ3n) is 3.97. The van der Waals surface area contributed by atoms with Crippen LogP contribution in [-0.2, 0) is 18.3 Å². The Morgan fingerprint density at radius 2 is 1.33 bits per heavy atom. The molecule has 4 heteroatoms. The van der Waals surface area contributed by atoms with Gasteiger partial charge in [-0.05, 0) is 12.8 Å². The smallest absolute Gasteiger partial charge is 0.143 e. The van der Waals surface area contributed by atoms with Gasteiger partial charge >= 0.3 is 0 Å². The Kier molecular flexibility index (Phi) is 10.8. The maximum atomic E-state index is 4.36. The maximum absolute atomic E-state index is 4.36. The Bertz CT molecular complexity index is 363. The SMILES string of the molecule is CCCCCCCCCCCc1nnc(CBr)n1CCC. The summed E-state index contributed by atoms with van der Waals surface area (Å²) >= 11 is 3.50. The first-order valence-electron chi connectivity index (χ1n) is 8.80. The lowest BCUT2D eigenvalue weighted by Gasteiger charge is -2.07. The van der Waals surface area contributed by atoms with Gasteiger partial charge in [0.15, 0.2) is 0 Å². The Hall–Kier alpha value is -0.380. The standard InChI is InChI=1S/C17H32BrN3/c1-3-5-6-7-8-9-10-11-12-13-16-19-20-17(15-18)21(16)14-4-2/h3-15H2,1-2H3. The predicted molar refractivity (Wildman–Crippen MR) is 93.9 cm³/mol. The van der Waals surface area contributed by atoms with Crippen molar-refractivity contribution in [3.8, 4) is 0 Å². The van der Waals surface area contributed by atoms with Crippen LogP contribution in [0.5, 0.6) is 0 Å². The number of alkyl halides is 1. The molecule has 3 nitrogen and oxygen atoms in total. The maximum Gasteiger partial charge on any atom is 0.143 e. The molecule has 1 aromatic heterocycles. The van der Waals surface area contributed by atoms with Crippen LogP contribution in [0, 0.1) is 0 Å². The van der Waals surface area contributed by atoms with Crippen LogP contribution in [0.25, 0.3) is 0 Å². The molecular formula is C17H32BrN3. The highest BCUT2D eigenvalue weighted by Gasteiger charge is 2.09. The molecule has 0 unspecified atom stereocenters. The summed E-state index contributed by atoms with van der Waals surface area (Å²) in [6.45, 7) is 5.53. The summed E-state index contributed by atoms with van der Waals surface area (Å²) in [6, 6.07) is 0. The van der Waals surface area contributed by atoms with E-state index in [9.17, 15) is 0 Å². The van der Waals surface area contributed by atoms with Gasteiger partial charge in [-0.15, -0.1) is 10.2 Å². The number of hydrogen-bond acceptors (Lipinski definition) is 2. The van der Waals surface area contributed by atoms with Crippen molar-refractivity contribution in [2.24, 2.45) is 0 Å². The Labute approximate surface area is 139 Å². The fourth-order valence-corrected chi connectivity index (χ4v) is 3.15. The highest BCUT2D eigenvalue weighted by molar-refractivity contribution is 9.08. The molecule has 0 aliphatic rings. The van der Waals surface area contributed by atoms with Gasteiger partial charge in [0.25, 0.3) is 0 Å². The summed E-state index contributed by atoms with van der Waals surface area (Å²) in [7, 11) is 0. The van der Waals surface area contributed by atoms with Gasteiger partial charge in [-0.25, -0.2) is 0 Å². The highest BCUT2D eigenvalue weighted by atomic mass is 79.9. The summed E-state index contributed by atoms with van der Waals surface area (Å²) in [5.41, 5.74) is 0. The van der Waals surface area contributed by atoms with Crippen LogP contribution in [-0.4, -0.2) is 14.8 Å². The highest BCUT2D eigenvalue weighted by Crippen LogP contribution is 2.13. The number of aryl methyl sites for hydroxylation is 1. The minimum atomic E-state index is 0.803. The van der Waals surface area contributed by atoms with E-state index in [1.807, 2.05) is 0 Å². The van der Waals surface area contributed by atoms with Crippen molar-refractivity contribution < 1.29 is 0 Å². The van der Waals surface area contributed by atoms with E-state index in [4.69, 9.17) is 0 Å². The van der Waals surface area contributed by atoms with Crippen LogP contribution in [0.1, 0.15) is 89.7 Å². The lowest BCUT2D eigenvalue weighted by molar-refractivity contribution is 0.552. The van der Waals surface area contributed by atoms with Gasteiger partial charge in [0, 0.05) is 13.0 Å². The van der Waals surface area contributed by atoms with E-state index in [-0.39, 0.29) is 0 Å². The number of nitrogens with zero attached hydrogens (tertiary/aromatic N) is 3. The van der Waals surface area contributed by atoms with Crippen LogP contribution in [0.2, 0.25) is 0 Å². The molecule has 21 heavy (non-hydrogen) atoms. The average molecular weight is 358 g/mol. The van der Waals surface area contributed by atoms with Crippen molar-refractivity contribution in [3.05, 3.63) is 11.6 Å². The molecule has 0 spiro atoms. The number of rotatable bonds is 13. The van der Waals surface area contributed by atoms with E-state index in [1.165, 1.54) is 63.6 Å². The van der Waals surface area contributed by atoms with Gasteiger partial charge in [-0.2, -0.15) is 0 Å². The minimum absolute atomic E-state index is 0.803. The molecule has 0 aliphatic heterocycles. The topological polar surface area (TPSA) is 30.7 Å². The van der Waals surface area contributed by atoms with Crippen LogP contribution >= 0.6 is 15.9 Å². The first-order valence-corrected chi connectivity index (χ1v) is 9.92. The van der Waals surface area contributed by atoms with Crippen LogP contribution < -0.4 is 0 Å². The zero-order valence-electron chi connectivity index (χ0n) is 13.9. The molecule has 1 heterocycles. The summed E-state index contributed by atoms with van der Waals surface area (Å²) in [5, 5.41) is 9.44. The van der Waals surface area contributed by atoms with E-state index in [2.05, 4.69) is 44.5 Å². The van der Waals surface area contributed by atoms with Gasteiger partial charge in [0.05, 0.1) is 5.33 Å². The summed E-state index contributed by atoms with van der Waals surface area (Å²) in [4.78, 5) is 0. The van der Waals surface area contributed by atoms with Crippen molar-refractivity contribution in [2.45, 2.75) is 96.4 Å². The molecule has 0 aliphatic carbocycles. The molecule has 0 N–H and O–H groups in total. The van der Waals surface area contributed by atoms with Crippen LogP contribution in [0.3, 0.4) is 0 Å². The molecule has 0 bridgehead atoms. The number of halogens is 1. The zero-order valence-corrected chi connectivity index (χ0v) is 15.5. The first kappa shape index (κ1) is 18.7. The monoisotopic (exact) mass is 357 g/mol. The second-order valence-electron chi connectivity index (χ2n) is 5.90. The summed E-state index contributed by atoms with van der Waals surface area (Å²) in [6.07, 6.45) is 14.6. The van der Waals surface area contributed by atoms with Crippen molar-refractivity contribution in [1.29, 1.82) is 0 Å². The Balaban J connectivity index is 2.13. The van der Waals surface area contributed by atoms with Gasteiger partial charge in [-0.3, -0.25) is 0 Å². The van der Waals surface area contributed by atoms with Gasteiger partial charge in [-0.1, -0.05) is 81.1 Å². The molecule has 1 rings (SSSR count). The van der Waals surface area contributed by atoms with Gasteiger partial charge in [0.1, 0.15) is 11.6 Å². The number of unbranched alkanes of at least 4 members (excludes halogenated alkanes) is 8. The zero-order chi connectivity index (χ0) is 15.3. The Morgan fingerprint density at radius 1 is 0.762 bits per heavy atom. The molecule has 0 saturated carbocycles. The van der Waals surface area contributed by atoms with Gasteiger partial charge < -0.3 is 4.57 Å². The quantitative estimate of drug-likeness (QED) is 0.337. The van der Waals surface area contributed by atoms with E-state index in [0.29, 0.717) is 0 Å².